The number of aryl methyl sites for hydroxylation is 1. The quantitative estimate of drug-likeness (QED) is 0.851. The van der Waals surface area contributed by atoms with Crippen molar-refractivity contribution in [3.63, 3.8) is 0 Å². The van der Waals surface area contributed by atoms with Crippen molar-refractivity contribution in [2.45, 2.75) is 19.9 Å². The molecule has 1 aromatic rings. The number of hydrogen-bond acceptors (Lipinski definition) is 3. The molecular formula is C13H20N2O2S. The van der Waals surface area contributed by atoms with E-state index >= 15 is 0 Å². The molecule has 1 aromatic carbocycles. The standard InChI is InChI=1S/C13H20N2O2S/c1-9-7-11(14-3)5-6-12(9)13(16)15-10(2)8-18(4)17/h5-7,10,14H,8H2,1-4H3,(H,15,16). The largest absolute Gasteiger partial charge is 0.388 e. The van der Waals surface area contributed by atoms with Gasteiger partial charge in [0.25, 0.3) is 5.91 Å². The lowest BCUT2D eigenvalue weighted by Crippen LogP contribution is -2.36. The molecule has 18 heavy (non-hydrogen) atoms. The summed E-state index contributed by atoms with van der Waals surface area (Å²) in [6.07, 6.45) is 1.63. The van der Waals surface area contributed by atoms with Crippen molar-refractivity contribution in [2.24, 2.45) is 0 Å². The normalized spacial score (nSPS) is 13.8. The number of anilines is 1. The maximum atomic E-state index is 12.0. The molecule has 0 aliphatic rings. The molecule has 0 bridgehead atoms. The molecule has 100 valence electrons. The molecule has 0 aliphatic heterocycles. The minimum atomic E-state index is -0.904. The van der Waals surface area contributed by atoms with Crippen LogP contribution in [0.1, 0.15) is 22.8 Å². The van der Waals surface area contributed by atoms with Gasteiger partial charge in [-0.05, 0) is 37.6 Å². The lowest BCUT2D eigenvalue weighted by Gasteiger charge is -2.14. The fraction of sp³-hybridized carbons (Fsp3) is 0.462. The highest BCUT2D eigenvalue weighted by Gasteiger charge is 2.13. The molecule has 0 heterocycles. The Kier molecular flexibility index (Phi) is 5.34. The Labute approximate surface area is 111 Å². The Hall–Kier alpha value is -1.36. The first kappa shape index (κ1) is 14.7. The van der Waals surface area contributed by atoms with Gasteiger partial charge in [-0.3, -0.25) is 9.00 Å². The van der Waals surface area contributed by atoms with Crippen LogP contribution in [0.5, 0.6) is 0 Å². The van der Waals surface area contributed by atoms with Crippen LogP contribution >= 0.6 is 0 Å². The third kappa shape index (κ3) is 4.14. The Balaban J connectivity index is 2.75. The highest BCUT2D eigenvalue weighted by atomic mass is 32.2. The van der Waals surface area contributed by atoms with Crippen LogP contribution in [0.25, 0.3) is 0 Å². The van der Waals surface area contributed by atoms with Crippen LogP contribution in [-0.2, 0) is 10.8 Å². The van der Waals surface area contributed by atoms with E-state index < -0.39 is 10.8 Å². The van der Waals surface area contributed by atoms with Gasteiger partial charge in [-0.2, -0.15) is 0 Å². The van der Waals surface area contributed by atoms with E-state index in [0.29, 0.717) is 11.3 Å². The lowest BCUT2D eigenvalue weighted by atomic mass is 10.1. The third-order valence-corrected chi connectivity index (χ3v) is 3.59. The number of hydrogen-bond donors (Lipinski definition) is 2. The van der Waals surface area contributed by atoms with E-state index in [1.807, 2.05) is 33.0 Å². The van der Waals surface area contributed by atoms with Gasteiger partial charge in [0.15, 0.2) is 0 Å². The van der Waals surface area contributed by atoms with Crippen molar-refractivity contribution in [3.05, 3.63) is 29.3 Å². The van der Waals surface area contributed by atoms with Gasteiger partial charge in [0.1, 0.15) is 0 Å². The fourth-order valence-corrected chi connectivity index (χ4v) is 2.56. The van der Waals surface area contributed by atoms with E-state index in [1.165, 1.54) is 0 Å². The summed E-state index contributed by atoms with van der Waals surface area (Å²) in [6.45, 7) is 3.76. The molecule has 2 atom stereocenters. The summed E-state index contributed by atoms with van der Waals surface area (Å²) in [7, 11) is 0.937. The number of benzene rings is 1. The van der Waals surface area contributed by atoms with Crippen molar-refractivity contribution in [2.75, 3.05) is 24.4 Å². The van der Waals surface area contributed by atoms with Crippen molar-refractivity contribution in [3.8, 4) is 0 Å². The van der Waals surface area contributed by atoms with Gasteiger partial charge in [0, 0.05) is 47.1 Å². The Bertz CT molecular complexity index is 460. The summed E-state index contributed by atoms with van der Waals surface area (Å²) in [6, 6.07) is 5.50. The van der Waals surface area contributed by atoms with Crippen LogP contribution in [0, 0.1) is 6.92 Å². The molecule has 5 heteroatoms. The van der Waals surface area contributed by atoms with Gasteiger partial charge < -0.3 is 10.6 Å². The number of carbonyl (C=O) groups is 1. The second-order valence-corrected chi connectivity index (χ2v) is 5.87. The number of carbonyl (C=O) groups excluding carboxylic acids is 1. The third-order valence-electron chi connectivity index (χ3n) is 2.62. The summed E-state index contributed by atoms with van der Waals surface area (Å²) < 4.78 is 11.1. The highest BCUT2D eigenvalue weighted by Crippen LogP contribution is 2.14. The maximum absolute atomic E-state index is 12.0. The van der Waals surface area contributed by atoms with E-state index in [4.69, 9.17) is 0 Å². The Morgan fingerprint density at radius 2 is 2.11 bits per heavy atom. The van der Waals surface area contributed by atoms with Gasteiger partial charge in [0.2, 0.25) is 0 Å². The first-order valence-corrected chi connectivity index (χ1v) is 7.56. The van der Waals surface area contributed by atoms with Crippen LogP contribution < -0.4 is 10.6 Å². The smallest absolute Gasteiger partial charge is 0.251 e. The molecule has 1 amide bonds. The number of nitrogens with one attached hydrogen (secondary N) is 2. The predicted molar refractivity (Wildman–Crippen MR) is 76.6 cm³/mol. The zero-order valence-electron chi connectivity index (χ0n) is 11.2. The van der Waals surface area contributed by atoms with Gasteiger partial charge in [-0.15, -0.1) is 0 Å². The van der Waals surface area contributed by atoms with E-state index in [0.717, 1.165) is 11.3 Å². The molecule has 0 aliphatic carbocycles. The van der Waals surface area contributed by atoms with E-state index in [2.05, 4.69) is 10.6 Å². The van der Waals surface area contributed by atoms with E-state index in [1.54, 1.807) is 12.3 Å². The van der Waals surface area contributed by atoms with E-state index in [9.17, 15) is 9.00 Å². The zero-order chi connectivity index (χ0) is 13.7. The summed E-state index contributed by atoms with van der Waals surface area (Å²) in [4.78, 5) is 12.0. The molecule has 2 N–H and O–H groups in total. The molecule has 0 aromatic heterocycles. The lowest BCUT2D eigenvalue weighted by molar-refractivity contribution is 0.0943. The highest BCUT2D eigenvalue weighted by molar-refractivity contribution is 7.84. The monoisotopic (exact) mass is 268 g/mol. The average molecular weight is 268 g/mol. The molecule has 0 saturated heterocycles. The summed E-state index contributed by atoms with van der Waals surface area (Å²) in [5, 5.41) is 5.88. The van der Waals surface area contributed by atoms with Crippen molar-refractivity contribution < 1.29 is 9.00 Å². The first-order valence-electron chi connectivity index (χ1n) is 5.83. The minimum absolute atomic E-state index is 0.0910. The first-order chi connectivity index (χ1) is 8.43. The molecule has 0 spiro atoms. The fourth-order valence-electron chi connectivity index (χ4n) is 1.77. The molecule has 4 nitrogen and oxygen atoms in total. The van der Waals surface area contributed by atoms with Gasteiger partial charge in [0.05, 0.1) is 0 Å². The Morgan fingerprint density at radius 1 is 1.44 bits per heavy atom. The number of rotatable bonds is 5. The zero-order valence-corrected chi connectivity index (χ0v) is 12.1. The maximum Gasteiger partial charge on any atom is 0.251 e. The molecular weight excluding hydrogens is 248 g/mol. The van der Waals surface area contributed by atoms with Crippen molar-refractivity contribution >= 4 is 22.4 Å². The predicted octanol–water partition coefficient (Wildman–Crippen LogP) is 1.53. The topological polar surface area (TPSA) is 58.2 Å². The second-order valence-electron chi connectivity index (χ2n) is 4.39. The summed E-state index contributed by atoms with van der Waals surface area (Å²) in [5.41, 5.74) is 2.55. The van der Waals surface area contributed by atoms with Crippen molar-refractivity contribution in [1.29, 1.82) is 0 Å². The molecule has 0 radical (unpaired) electrons. The SMILES string of the molecule is CNc1ccc(C(=O)NC(C)CS(C)=O)c(C)c1. The van der Waals surface area contributed by atoms with Crippen LogP contribution in [0.4, 0.5) is 5.69 Å². The van der Waals surface area contributed by atoms with Gasteiger partial charge >= 0.3 is 0 Å². The minimum Gasteiger partial charge on any atom is -0.388 e. The van der Waals surface area contributed by atoms with Gasteiger partial charge in [-0.1, -0.05) is 0 Å². The molecule has 0 fully saturated rings. The summed E-state index contributed by atoms with van der Waals surface area (Å²) in [5.74, 6) is 0.354. The Morgan fingerprint density at radius 3 is 2.61 bits per heavy atom. The van der Waals surface area contributed by atoms with Crippen LogP contribution in [0.2, 0.25) is 0 Å². The van der Waals surface area contributed by atoms with Crippen LogP contribution in [-0.4, -0.2) is 35.2 Å². The van der Waals surface area contributed by atoms with Crippen LogP contribution in [0.15, 0.2) is 18.2 Å². The van der Waals surface area contributed by atoms with Gasteiger partial charge in [-0.25, -0.2) is 0 Å². The molecule has 2 unspecified atom stereocenters. The average Bonchev–Trinajstić information content (AvgIpc) is 2.27. The van der Waals surface area contributed by atoms with Crippen LogP contribution in [0.3, 0.4) is 0 Å². The molecule has 0 saturated carbocycles. The second kappa shape index (κ2) is 6.54. The van der Waals surface area contributed by atoms with E-state index in [-0.39, 0.29) is 11.9 Å². The molecule has 1 rings (SSSR count). The van der Waals surface area contributed by atoms with Crippen molar-refractivity contribution in [1.82, 2.24) is 5.32 Å². The number of amides is 1. The summed E-state index contributed by atoms with van der Waals surface area (Å²) >= 11 is 0.